The van der Waals surface area contributed by atoms with Crippen LogP contribution >= 0.6 is 0 Å². The van der Waals surface area contributed by atoms with Crippen molar-refractivity contribution in [1.29, 1.82) is 0 Å². The molecule has 1 saturated heterocycles. The Morgan fingerprint density at radius 2 is 1.71 bits per heavy atom. The number of amides is 2. The molecule has 0 aromatic heterocycles. The summed E-state index contributed by atoms with van der Waals surface area (Å²) >= 11 is 0. The Morgan fingerprint density at radius 3 is 2.42 bits per heavy atom. The molecule has 2 amide bonds. The summed E-state index contributed by atoms with van der Waals surface area (Å²) in [5.74, 6) is 0. The van der Waals surface area contributed by atoms with Crippen molar-refractivity contribution in [3.05, 3.63) is 65.7 Å². The average molecular weight is 323 g/mol. The maximum Gasteiger partial charge on any atom is 0.319 e. The number of anilines is 1. The first kappa shape index (κ1) is 16.5. The normalized spacial score (nSPS) is 15.9. The molecule has 0 radical (unpaired) electrons. The molecule has 1 unspecified atom stereocenters. The van der Waals surface area contributed by atoms with E-state index in [1.54, 1.807) is 0 Å². The van der Waals surface area contributed by atoms with Gasteiger partial charge in [-0.1, -0.05) is 42.5 Å². The van der Waals surface area contributed by atoms with Gasteiger partial charge in [0.1, 0.15) is 0 Å². The summed E-state index contributed by atoms with van der Waals surface area (Å²) in [6.45, 7) is 4.95. The van der Waals surface area contributed by atoms with E-state index in [4.69, 9.17) is 0 Å². The maximum atomic E-state index is 12.2. The molecule has 1 aliphatic rings. The standard InChI is InChI=1S/C20H25N3O/c1-16-9-5-6-12-18(16)19(23-13-7-8-14-23)15-21-20(24)22-17-10-3-2-4-11-17/h2-6,9-12,19H,7-8,13-15H2,1H3,(H2,21,22,24). The van der Waals surface area contributed by atoms with Crippen molar-refractivity contribution in [2.45, 2.75) is 25.8 Å². The smallest absolute Gasteiger partial charge is 0.319 e. The number of hydrogen-bond acceptors (Lipinski definition) is 2. The van der Waals surface area contributed by atoms with Gasteiger partial charge in [0, 0.05) is 12.2 Å². The van der Waals surface area contributed by atoms with E-state index in [-0.39, 0.29) is 12.1 Å². The fourth-order valence-electron chi connectivity index (χ4n) is 3.34. The lowest BCUT2D eigenvalue weighted by Crippen LogP contribution is -2.38. The van der Waals surface area contributed by atoms with Crippen molar-refractivity contribution in [2.24, 2.45) is 0 Å². The van der Waals surface area contributed by atoms with Gasteiger partial charge in [-0.3, -0.25) is 4.90 Å². The molecule has 1 fully saturated rings. The zero-order valence-corrected chi connectivity index (χ0v) is 14.2. The number of nitrogens with zero attached hydrogens (tertiary/aromatic N) is 1. The largest absolute Gasteiger partial charge is 0.336 e. The third kappa shape index (κ3) is 4.15. The molecule has 0 aliphatic carbocycles. The fraction of sp³-hybridized carbons (Fsp3) is 0.350. The lowest BCUT2D eigenvalue weighted by atomic mass is 10.00. The lowest BCUT2D eigenvalue weighted by molar-refractivity contribution is 0.227. The highest BCUT2D eigenvalue weighted by molar-refractivity contribution is 5.89. The molecule has 4 nitrogen and oxygen atoms in total. The molecule has 24 heavy (non-hydrogen) atoms. The molecular formula is C20H25N3O. The SMILES string of the molecule is Cc1ccccc1C(CNC(=O)Nc1ccccc1)N1CCCC1. The Morgan fingerprint density at radius 1 is 1.04 bits per heavy atom. The van der Waals surface area contributed by atoms with Gasteiger partial charge in [-0.05, 0) is 56.1 Å². The van der Waals surface area contributed by atoms with E-state index in [1.807, 2.05) is 30.3 Å². The summed E-state index contributed by atoms with van der Waals surface area (Å²) in [6.07, 6.45) is 2.47. The Labute approximate surface area is 143 Å². The molecule has 2 aromatic rings. The summed E-state index contributed by atoms with van der Waals surface area (Å²) in [5.41, 5.74) is 3.39. The third-order valence-corrected chi connectivity index (χ3v) is 4.62. The summed E-state index contributed by atoms with van der Waals surface area (Å²) < 4.78 is 0. The molecular weight excluding hydrogens is 298 g/mol. The number of likely N-dealkylation sites (tertiary alicyclic amines) is 1. The zero-order chi connectivity index (χ0) is 16.8. The number of nitrogens with one attached hydrogen (secondary N) is 2. The highest BCUT2D eigenvalue weighted by atomic mass is 16.2. The van der Waals surface area contributed by atoms with Gasteiger partial charge in [0.15, 0.2) is 0 Å². The van der Waals surface area contributed by atoms with Crippen LogP contribution in [-0.4, -0.2) is 30.6 Å². The maximum absolute atomic E-state index is 12.2. The van der Waals surface area contributed by atoms with E-state index in [1.165, 1.54) is 24.0 Å². The molecule has 126 valence electrons. The number of aryl methyl sites for hydroxylation is 1. The van der Waals surface area contributed by atoms with Gasteiger partial charge < -0.3 is 10.6 Å². The van der Waals surface area contributed by atoms with E-state index >= 15 is 0 Å². The molecule has 4 heteroatoms. The van der Waals surface area contributed by atoms with E-state index in [9.17, 15) is 4.79 Å². The van der Waals surface area contributed by atoms with Crippen molar-refractivity contribution >= 4 is 11.7 Å². The Bertz CT molecular complexity index is 666. The van der Waals surface area contributed by atoms with Crippen molar-refractivity contribution < 1.29 is 4.79 Å². The molecule has 3 rings (SSSR count). The van der Waals surface area contributed by atoms with Gasteiger partial charge >= 0.3 is 6.03 Å². The molecule has 1 atom stereocenters. The quantitative estimate of drug-likeness (QED) is 0.875. The second-order valence-electron chi connectivity index (χ2n) is 6.32. The number of hydrogen-bond donors (Lipinski definition) is 2. The Hall–Kier alpha value is -2.33. The summed E-state index contributed by atoms with van der Waals surface area (Å²) in [7, 11) is 0. The van der Waals surface area contributed by atoms with Gasteiger partial charge in [0.25, 0.3) is 0 Å². The van der Waals surface area contributed by atoms with E-state index in [0.717, 1.165) is 18.8 Å². The molecule has 0 saturated carbocycles. The highest BCUT2D eigenvalue weighted by Crippen LogP contribution is 2.26. The summed E-state index contributed by atoms with van der Waals surface area (Å²) in [4.78, 5) is 14.7. The van der Waals surface area contributed by atoms with Crippen LogP contribution in [0.5, 0.6) is 0 Å². The van der Waals surface area contributed by atoms with Crippen LogP contribution in [-0.2, 0) is 0 Å². The monoisotopic (exact) mass is 323 g/mol. The van der Waals surface area contributed by atoms with Gasteiger partial charge in [0.05, 0.1) is 6.04 Å². The first-order valence-corrected chi connectivity index (χ1v) is 8.63. The number of urea groups is 1. The van der Waals surface area contributed by atoms with Crippen LogP contribution in [0.4, 0.5) is 10.5 Å². The van der Waals surface area contributed by atoms with Crippen LogP contribution in [0.3, 0.4) is 0 Å². The zero-order valence-electron chi connectivity index (χ0n) is 14.2. The van der Waals surface area contributed by atoms with Crippen LogP contribution in [0.25, 0.3) is 0 Å². The molecule has 0 spiro atoms. The van der Waals surface area contributed by atoms with Crippen molar-refractivity contribution in [3.8, 4) is 0 Å². The fourth-order valence-corrected chi connectivity index (χ4v) is 3.34. The molecule has 1 heterocycles. The van der Waals surface area contributed by atoms with Gasteiger partial charge in [-0.25, -0.2) is 4.79 Å². The van der Waals surface area contributed by atoms with Gasteiger partial charge in [-0.15, -0.1) is 0 Å². The van der Waals surface area contributed by atoms with Crippen LogP contribution < -0.4 is 10.6 Å². The van der Waals surface area contributed by atoms with Crippen molar-refractivity contribution in [1.82, 2.24) is 10.2 Å². The van der Waals surface area contributed by atoms with Crippen LogP contribution in [0.1, 0.15) is 30.0 Å². The van der Waals surface area contributed by atoms with Crippen LogP contribution in [0.2, 0.25) is 0 Å². The number of carbonyl (C=O) groups is 1. The van der Waals surface area contributed by atoms with Crippen molar-refractivity contribution in [3.63, 3.8) is 0 Å². The topological polar surface area (TPSA) is 44.4 Å². The van der Waals surface area contributed by atoms with E-state index in [2.05, 4.69) is 46.7 Å². The predicted molar refractivity (Wildman–Crippen MR) is 98.2 cm³/mol. The second kappa shape index (κ2) is 7.97. The highest BCUT2D eigenvalue weighted by Gasteiger charge is 2.24. The molecule has 2 N–H and O–H groups in total. The molecule has 1 aliphatic heterocycles. The van der Waals surface area contributed by atoms with E-state index < -0.39 is 0 Å². The minimum atomic E-state index is -0.154. The van der Waals surface area contributed by atoms with Crippen molar-refractivity contribution in [2.75, 3.05) is 25.0 Å². The Balaban J connectivity index is 1.66. The third-order valence-electron chi connectivity index (χ3n) is 4.62. The molecule has 0 bridgehead atoms. The Kier molecular flexibility index (Phi) is 5.49. The number of para-hydroxylation sites is 1. The number of benzene rings is 2. The predicted octanol–water partition coefficient (Wildman–Crippen LogP) is 3.95. The number of carbonyl (C=O) groups excluding carboxylic acids is 1. The minimum absolute atomic E-state index is 0.154. The summed E-state index contributed by atoms with van der Waals surface area (Å²) in [5, 5.41) is 5.93. The van der Waals surface area contributed by atoms with E-state index in [0.29, 0.717) is 6.54 Å². The first-order valence-electron chi connectivity index (χ1n) is 8.63. The van der Waals surface area contributed by atoms with Crippen LogP contribution in [0, 0.1) is 6.92 Å². The number of rotatable bonds is 5. The van der Waals surface area contributed by atoms with Crippen LogP contribution in [0.15, 0.2) is 54.6 Å². The average Bonchev–Trinajstić information content (AvgIpc) is 3.12. The first-order chi connectivity index (χ1) is 11.7. The minimum Gasteiger partial charge on any atom is -0.336 e. The lowest BCUT2D eigenvalue weighted by Gasteiger charge is -2.29. The summed E-state index contributed by atoms with van der Waals surface area (Å²) in [6, 6.07) is 18.1. The van der Waals surface area contributed by atoms with Gasteiger partial charge in [0.2, 0.25) is 0 Å². The second-order valence-corrected chi connectivity index (χ2v) is 6.32. The molecule has 2 aromatic carbocycles. The van der Waals surface area contributed by atoms with Gasteiger partial charge in [-0.2, -0.15) is 0 Å².